The minimum atomic E-state index is -0.260. The van der Waals surface area contributed by atoms with Crippen LogP contribution in [0.4, 0.5) is 0 Å². The summed E-state index contributed by atoms with van der Waals surface area (Å²) in [6.45, 7) is 4.86. The molecule has 1 aromatic rings. The molecule has 3 rings (SSSR count). The Morgan fingerprint density at radius 1 is 1.15 bits per heavy atom. The van der Waals surface area contributed by atoms with Gasteiger partial charge in [-0.2, -0.15) is 0 Å². The molecule has 2 aliphatic heterocycles. The number of hydrogen-bond donors (Lipinski definition) is 1. The Morgan fingerprint density at radius 2 is 1.88 bits per heavy atom. The summed E-state index contributed by atoms with van der Waals surface area (Å²) in [6.07, 6.45) is 6.78. The van der Waals surface area contributed by atoms with Crippen molar-refractivity contribution in [2.24, 2.45) is 11.8 Å². The number of carbonyl (C=O) groups excluding carboxylic acids is 2. The van der Waals surface area contributed by atoms with Crippen molar-refractivity contribution in [2.75, 3.05) is 26.2 Å². The number of amides is 2. The SMILES string of the molecule is CC[C@H]1CN(C(=O)c2cccnc2)CC[C@H]1CC(=O)N1CCC(O)CC1. The Bertz CT molecular complexity index is 614. The van der Waals surface area contributed by atoms with E-state index < -0.39 is 0 Å². The molecule has 6 nitrogen and oxygen atoms in total. The normalized spacial score (nSPS) is 24.5. The molecule has 0 aliphatic carbocycles. The predicted octanol–water partition coefficient (Wildman–Crippen LogP) is 1.94. The number of aromatic nitrogens is 1. The lowest BCUT2D eigenvalue weighted by atomic mass is 9.81. The quantitative estimate of drug-likeness (QED) is 0.892. The maximum absolute atomic E-state index is 12.7. The lowest BCUT2D eigenvalue weighted by Gasteiger charge is -2.39. The van der Waals surface area contributed by atoms with E-state index in [1.54, 1.807) is 24.5 Å². The number of carbonyl (C=O) groups is 2. The summed E-state index contributed by atoms with van der Waals surface area (Å²) >= 11 is 0. The van der Waals surface area contributed by atoms with Crippen LogP contribution in [0.1, 0.15) is 49.4 Å². The molecule has 1 N–H and O–H groups in total. The molecular weight excluding hydrogens is 330 g/mol. The third-order valence-corrected chi connectivity index (χ3v) is 5.87. The van der Waals surface area contributed by atoms with E-state index >= 15 is 0 Å². The first-order chi connectivity index (χ1) is 12.6. The summed E-state index contributed by atoms with van der Waals surface area (Å²) < 4.78 is 0. The summed E-state index contributed by atoms with van der Waals surface area (Å²) in [4.78, 5) is 33.1. The van der Waals surface area contributed by atoms with Gasteiger partial charge in [0.25, 0.3) is 5.91 Å². The summed E-state index contributed by atoms with van der Waals surface area (Å²) in [5, 5.41) is 9.61. The maximum Gasteiger partial charge on any atom is 0.255 e. The molecule has 0 bridgehead atoms. The molecule has 2 saturated heterocycles. The van der Waals surface area contributed by atoms with Gasteiger partial charge in [-0.1, -0.05) is 13.3 Å². The Kier molecular flexibility index (Phi) is 6.25. The van der Waals surface area contributed by atoms with Gasteiger partial charge in [0.15, 0.2) is 0 Å². The molecule has 2 aliphatic rings. The van der Waals surface area contributed by atoms with Gasteiger partial charge in [-0.25, -0.2) is 0 Å². The number of nitrogens with zero attached hydrogens (tertiary/aromatic N) is 3. The van der Waals surface area contributed by atoms with E-state index in [-0.39, 0.29) is 17.9 Å². The maximum atomic E-state index is 12.7. The second kappa shape index (κ2) is 8.62. The number of hydrogen-bond acceptors (Lipinski definition) is 4. The lowest BCUT2D eigenvalue weighted by Crippen LogP contribution is -2.46. The van der Waals surface area contributed by atoms with E-state index in [1.807, 2.05) is 9.80 Å². The first kappa shape index (κ1) is 18.8. The molecule has 0 radical (unpaired) electrons. The Hall–Kier alpha value is -1.95. The zero-order chi connectivity index (χ0) is 18.5. The Labute approximate surface area is 155 Å². The highest BCUT2D eigenvalue weighted by molar-refractivity contribution is 5.94. The Morgan fingerprint density at radius 3 is 2.54 bits per heavy atom. The smallest absolute Gasteiger partial charge is 0.255 e. The molecule has 26 heavy (non-hydrogen) atoms. The third-order valence-electron chi connectivity index (χ3n) is 5.87. The van der Waals surface area contributed by atoms with Crippen LogP contribution in [-0.2, 0) is 4.79 Å². The molecular formula is C20H29N3O3. The van der Waals surface area contributed by atoms with E-state index in [0.29, 0.717) is 62.8 Å². The molecule has 2 atom stereocenters. The lowest BCUT2D eigenvalue weighted by molar-refractivity contribution is -0.135. The number of likely N-dealkylation sites (tertiary alicyclic amines) is 2. The molecule has 0 unspecified atom stereocenters. The van der Waals surface area contributed by atoms with Crippen LogP contribution in [0.25, 0.3) is 0 Å². The van der Waals surface area contributed by atoms with Gasteiger partial charge in [0.05, 0.1) is 11.7 Å². The van der Waals surface area contributed by atoms with Gasteiger partial charge in [-0.05, 0) is 43.2 Å². The van der Waals surface area contributed by atoms with E-state index in [1.165, 1.54) is 0 Å². The molecule has 0 aromatic carbocycles. The molecule has 1 aromatic heterocycles. The standard InChI is InChI=1S/C20H29N3O3/c1-2-15-14-23(20(26)17-4-3-8-21-13-17)9-5-16(15)12-19(25)22-10-6-18(24)7-11-22/h3-4,8,13,15-16,18,24H,2,5-7,9-12,14H2,1H3/t15-,16-/m0/s1. The molecule has 142 valence electrons. The Balaban J connectivity index is 1.56. The average molecular weight is 359 g/mol. The fourth-order valence-electron chi connectivity index (χ4n) is 4.14. The first-order valence-corrected chi connectivity index (χ1v) is 9.73. The molecule has 2 fully saturated rings. The second-order valence-electron chi connectivity index (χ2n) is 7.53. The van der Waals surface area contributed by atoms with Crippen LogP contribution in [0, 0.1) is 11.8 Å². The molecule has 3 heterocycles. The number of rotatable bonds is 4. The van der Waals surface area contributed by atoms with Crippen LogP contribution in [0.2, 0.25) is 0 Å². The zero-order valence-corrected chi connectivity index (χ0v) is 15.5. The van der Waals surface area contributed by atoms with Crippen molar-refractivity contribution in [3.8, 4) is 0 Å². The van der Waals surface area contributed by atoms with Gasteiger partial charge in [0, 0.05) is 45.0 Å². The minimum absolute atomic E-state index is 0.0337. The molecule has 2 amide bonds. The first-order valence-electron chi connectivity index (χ1n) is 9.73. The van der Waals surface area contributed by atoms with Crippen molar-refractivity contribution in [2.45, 2.75) is 45.1 Å². The fraction of sp³-hybridized carbons (Fsp3) is 0.650. The van der Waals surface area contributed by atoms with Crippen molar-refractivity contribution in [1.82, 2.24) is 14.8 Å². The van der Waals surface area contributed by atoms with Crippen LogP contribution in [0.15, 0.2) is 24.5 Å². The van der Waals surface area contributed by atoms with Crippen LogP contribution >= 0.6 is 0 Å². The van der Waals surface area contributed by atoms with Gasteiger partial charge in [-0.15, -0.1) is 0 Å². The van der Waals surface area contributed by atoms with Crippen molar-refractivity contribution < 1.29 is 14.7 Å². The topological polar surface area (TPSA) is 73.7 Å². The average Bonchev–Trinajstić information content (AvgIpc) is 2.69. The van der Waals surface area contributed by atoms with Crippen LogP contribution in [-0.4, -0.2) is 64.0 Å². The fourth-order valence-corrected chi connectivity index (χ4v) is 4.14. The molecule has 0 spiro atoms. The minimum Gasteiger partial charge on any atom is -0.393 e. The number of pyridine rings is 1. The van der Waals surface area contributed by atoms with Crippen LogP contribution < -0.4 is 0 Å². The largest absolute Gasteiger partial charge is 0.393 e. The van der Waals surface area contributed by atoms with Gasteiger partial charge in [0.2, 0.25) is 5.91 Å². The van der Waals surface area contributed by atoms with Crippen LogP contribution in [0.5, 0.6) is 0 Å². The summed E-state index contributed by atoms with van der Waals surface area (Å²) in [5.74, 6) is 0.916. The number of aliphatic hydroxyl groups excluding tert-OH is 1. The second-order valence-corrected chi connectivity index (χ2v) is 7.53. The predicted molar refractivity (Wildman–Crippen MR) is 98.5 cm³/mol. The monoisotopic (exact) mass is 359 g/mol. The summed E-state index contributed by atoms with van der Waals surface area (Å²) in [7, 11) is 0. The van der Waals surface area contributed by atoms with Crippen molar-refractivity contribution in [3.05, 3.63) is 30.1 Å². The molecule has 6 heteroatoms. The van der Waals surface area contributed by atoms with Gasteiger partial charge in [0.1, 0.15) is 0 Å². The summed E-state index contributed by atoms with van der Waals surface area (Å²) in [5.41, 5.74) is 0.628. The zero-order valence-electron chi connectivity index (χ0n) is 15.5. The van der Waals surface area contributed by atoms with Crippen LogP contribution in [0.3, 0.4) is 0 Å². The van der Waals surface area contributed by atoms with E-state index in [9.17, 15) is 14.7 Å². The van der Waals surface area contributed by atoms with E-state index in [4.69, 9.17) is 0 Å². The van der Waals surface area contributed by atoms with Crippen molar-refractivity contribution in [3.63, 3.8) is 0 Å². The highest BCUT2D eigenvalue weighted by Gasteiger charge is 2.33. The number of aliphatic hydroxyl groups is 1. The van der Waals surface area contributed by atoms with Crippen molar-refractivity contribution >= 4 is 11.8 Å². The third kappa shape index (κ3) is 4.41. The highest BCUT2D eigenvalue weighted by Crippen LogP contribution is 2.30. The van der Waals surface area contributed by atoms with E-state index in [0.717, 1.165) is 12.8 Å². The highest BCUT2D eigenvalue weighted by atomic mass is 16.3. The van der Waals surface area contributed by atoms with Gasteiger partial charge < -0.3 is 14.9 Å². The molecule has 0 saturated carbocycles. The van der Waals surface area contributed by atoms with Gasteiger partial charge >= 0.3 is 0 Å². The van der Waals surface area contributed by atoms with Gasteiger partial charge in [-0.3, -0.25) is 14.6 Å². The number of piperidine rings is 2. The van der Waals surface area contributed by atoms with Crippen molar-refractivity contribution in [1.29, 1.82) is 0 Å². The van der Waals surface area contributed by atoms with E-state index in [2.05, 4.69) is 11.9 Å². The summed E-state index contributed by atoms with van der Waals surface area (Å²) in [6, 6.07) is 3.59.